The molecule has 3 heteroatoms. The molecule has 2 rings (SSSR count). The smallest absolute Gasteiger partial charge is 0.122 e. The van der Waals surface area contributed by atoms with Crippen LogP contribution in [0.15, 0.2) is 40.4 Å². The zero-order chi connectivity index (χ0) is 13.7. The van der Waals surface area contributed by atoms with Crippen LogP contribution in [0.1, 0.15) is 31.7 Å². The summed E-state index contributed by atoms with van der Waals surface area (Å²) in [6.07, 6.45) is 9.53. The molecule has 102 valence electrons. The maximum Gasteiger partial charge on any atom is 0.122 e. The molecule has 0 bridgehead atoms. The van der Waals surface area contributed by atoms with E-state index in [1.165, 1.54) is 5.57 Å². The Hall–Kier alpha value is -1.06. The Labute approximate surface area is 122 Å². The Morgan fingerprint density at radius 1 is 1.53 bits per heavy atom. The third kappa shape index (κ3) is 4.22. The molecule has 19 heavy (non-hydrogen) atoms. The minimum absolute atomic E-state index is 0.256. The Bertz CT molecular complexity index is 492. The van der Waals surface area contributed by atoms with Gasteiger partial charge in [-0.15, -0.1) is 0 Å². The second-order valence-corrected chi connectivity index (χ2v) is 5.61. The molecule has 0 amide bonds. The van der Waals surface area contributed by atoms with E-state index in [2.05, 4.69) is 41.1 Å². The van der Waals surface area contributed by atoms with Gasteiger partial charge in [0, 0.05) is 10.0 Å². The molecule has 2 nitrogen and oxygen atoms in total. The van der Waals surface area contributed by atoms with Gasteiger partial charge in [0.15, 0.2) is 0 Å². The summed E-state index contributed by atoms with van der Waals surface area (Å²) in [6, 6.07) is 5.50. The average Bonchev–Trinajstić information content (AvgIpc) is 2.91. The Balaban J connectivity index is 2.04. The van der Waals surface area contributed by atoms with Crippen LogP contribution in [-0.2, 0) is 4.74 Å². The van der Waals surface area contributed by atoms with Gasteiger partial charge in [0.2, 0.25) is 0 Å². The van der Waals surface area contributed by atoms with Crippen LogP contribution in [0, 0.1) is 0 Å². The van der Waals surface area contributed by atoms with Crippen molar-refractivity contribution < 1.29 is 9.84 Å². The van der Waals surface area contributed by atoms with Crippen molar-refractivity contribution in [2.45, 2.75) is 32.3 Å². The van der Waals surface area contributed by atoms with Crippen LogP contribution in [0.2, 0.25) is 0 Å². The van der Waals surface area contributed by atoms with Crippen molar-refractivity contribution in [2.24, 2.45) is 0 Å². The van der Waals surface area contributed by atoms with Crippen molar-refractivity contribution in [2.75, 3.05) is 6.61 Å². The molecular formula is C16H19BrO2. The highest BCUT2D eigenvalue weighted by molar-refractivity contribution is 9.10. The molecule has 0 saturated heterocycles. The highest BCUT2D eigenvalue weighted by Gasteiger charge is 2.10. The largest absolute Gasteiger partial charge is 0.507 e. The van der Waals surface area contributed by atoms with Crippen LogP contribution >= 0.6 is 15.9 Å². The first-order valence-corrected chi connectivity index (χ1v) is 7.44. The number of hydrogen-bond acceptors (Lipinski definition) is 2. The number of phenolic OH excluding ortho intramolecular Hbond substituents is 1. The number of ether oxygens (including phenoxy) is 1. The van der Waals surface area contributed by atoms with Gasteiger partial charge in [-0.2, -0.15) is 0 Å². The lowest BCUT2D eigenvalue weighted by atomic mass is 10.0. The summed E-state index contributed by atoms with van der Waals surface area (Å²) >= 11 is 3.43. The lowest BCUT2D eigenvalue weighted by Crippen LogP contribution is -2.04. The first-order valence-electron chi connectivity index (χ1n) is 6.65. The number of halogens is 1. The fourth-order valence-electron chi connectivity index (χ4n) is 2.16. The lowest BCUT2D eigenvalue weighted by Gasteiger charge is -2.10. The molecule has 0 aliphatic carbocycles. The highest BCUT2D eigenvalue weighted by atomic mass is 79.9. The van der Waals surface area contributed by atoms with Crippen LogP contribution < -0.4 is 0 Å². The van der Waals surface area contributed by atoms with E-state index in [9.17, 15) is 5.11 Å². The predicted molar refractivity (Wildman–Crippen MR) is 82.2 cm³/mol. The maximum atomic E-state index is 9.86. The molecule has 1 N–H and O–H groups in total. The van der Waals surface area contributed by atoms with Crippen LogP contribution in [0.4, 0.5) is 0 Å². The van der Waals surface area contributed by atoms with Gasteiger partial charge < -0.3 is 9.84 Å². The third-order valence-electron chi connectivity index (χ3n) is 3.31. The van der Waals surface area contributed by atoms with Crippen molar-refractivity contribution in [3.63, 3.8) is 0 Å². The number of allylic oxidation sites excluding steroid dienone is 1. The molecule has 0 saturated carbocycles. The van der Waals surface area contributed by atoms with Gasteiger partial charge in [0.05, 0.1) is 12.7 Å². The molecule has 1 aliphatic heterocycles. The van der Waals surface area contributed by atoms with Crippen molar-refractivity contribution >= 4 is 22.0 Å². The van der Waals surface area contributed by atoms with E-state index in [1.54, 1.807) is 6.07 Å². The maximum absolute atomic E-state index is 9.86. The second-order valence-electron chi connectivity index (χ2n) is 4.70. The molecule has 1 heterocycles. The summed E-state index contributed by atoms with van der Waals surface area (Å²) in [5, 5.41) is 9.86. The fourth-order valence-corrected chi connectivity index (χ4v) is 2.54. The quantitative estimate of drug-likeness (QED) is 0.797. The molecule has 0 radical (unpaired) electrons. The minimum atomic E-state index is 0.256. The second kappa shape index (κ2) is 6.92. The van der Waals surface area contributed by atoms with Crippen molar-refractivity contribution in [1.29, 1.82) is 0 Å². The third-order valence-corrected chi connectivity index (χ3v) is 3.80. The Morgan fingerprint density at radius 2 is 2.37 bits per heavy atom. The highest BCUT2D eigenvalue weighted by Crippen LogP contribution is 2.26. The van der Waals surface area contributed by atoms with Gasteiger partial charge in [0.25, 0.3) is 0 Å². The normalized spacial score (nSPS) is 19.1. The standard InChI is InChI=1S/C16H19BrO2/c1-2-12(5-7-15-4-3-9-19-15)10-13-11-14(17)6-8-16(13)18/h3-4,6,8,10-11,15,18H,2,5,7,9H2,1H3/b12-10+/t15-/m0/s1. The van der Waals surface area contributed by atoms with Gasteiger partial charge in [-0.25, -0.2) is 0 Å². The zero-order valence-electron chi connectivity index (χ0n) is 11.1. The van der Waals surface area contributed by atoms with Gasteiger partial charge in [-0.05, 0) is 37.5 Å². The molecule has 1 aromatic carbocycles. The predicted octanol–water partition coefficient (Wildman–Crippen LogP) is 4.68. The van der Waals surface area contributed by atoms with Gasteiger partial charge in [0.1, 0.15) is 5.75 Å². The lowest BCUT2D eigenvalue weighted by molar-refractivity contribution is 0.121. The number of aromatic hydroxyl groups is 1. The van der Waals surface area contributed by atoms with Crippen LogP contribution in [-0.4, -0.2) is 17.8 Å². The summed E-state index contributed by atoms with van der Waals surface area (Å²) in [6.45, 7) is 2.88. The van der Waals surface area contributed by atoms with E-state index in [4.69, 9.17) is 4.74 Å². The number of benzene rings is 1. The van der Waals surface area contributed by atoms with E-state index in [0.717, 1.165) is 35.9 Å². The van der Waals surface area contributed by atoms with E-state index in [1.807, 2.05) is 12.1 Å². The molecule has 1 aliphatic rings. The summed E-state index contributed by atoms with van der Waals surface area (Å²) in [5.41, 5.74) is 2.20. The Morgan fingerprint density at radius 3 is 3.05 bits per heavy atom. The van der Waals surface area contributed by atoms with Crippen LogP contribution in [0.3, 0.4) is 0 Å². The SMILES string of the molecule is CC/C(=C\c1cc(Br)ccc1O)CC[C@@H]1C=CCO1. The van der Waals surface area contributed by atoms with E-state index < -0.39 is 0 Å². The molecule has 0 unspecified atom stereocenters. The first-order chi connectivity index (χ1) is 9.19. The molecule has 1 atom stereocenters. The van der Waals surface area contributed by atoms with Crippen LogP contribution in [0.25, 0.3) is 6.08 Å². The molecule has 0 spiro atoms. The van der Waals surface area contributed by atoms with E-state index in [0.29, 0.717) is 5.75 Å². The van der Waals surface area contributed by atoms with Gasteiger partial charge in [-0.1, -0.05) is 46.7 Å². The molecule has 0 aromatic heterocycles. The van der Waals surface area contributed by atoms with Crippen molar-refractivity contribution in [3.8, 4) is 5.75 Å². The summed E-state index contributed by atoms with van der Waals surface area (Å²) in [4.78, 5) is 0. The molecule has 0 fully saturated rings. The summed E-state index contributed by atoms with van der Waals surface area (Å²) in [7, 11) is 0. The van der Waals surface area contributed by atoms with Crippen molar-refractivity contribution in [3.05, 3.63) is 46.0 Å². The first kappa shape index (κ1) is 14.4. The summed E-state index contributed by atoms with van der Waals surface area (Å²) < 4.78 is 6.53. The average molecular weight is 323 g/mol. The number of phenols is 1. The molecule has 1 aromatic rings. The topological polar surface area (TPSA) is 29.5 Å². The van der Waals surface area contributed by atoms with Crippen molar-refractivity contribution in [1.82, 2.24) is 0 Å². The molecular weight excluding hydrogens is 304 g/mol. The van der Waals surface area contributed by atoms with Crippen LogP contribution in [0.5, 0.6) is 5.75 Å². The minimum Gasteiger partial charge on any atom is -0.507 e. The van der Waals surface area contributed by atoms with Gasteiger partial charge in [-0.3, -0.25) is 0 Å². The van der Waals surface area contributed by atoms with E-state index in [-0.39, 0.29) is 6.10 Å². The van der Waals surface area contributed by atoms with E-state index >= 15 is 0 Å². The number of rotatable bonds is 5. The fraction of sp³-hybridized carbons (Fsp3) is 0.375. The summed E-state index contributed by atoms with van der Waals surface area (Å²) in [5.74, 6) is 0.325. The van der Waals surface area contributed by atoms with Gasteiger partial charge >= 0.3 is 0 Å². The zero-order valence-corrected chi connectivity index (χ0v) is 12.7. The monoisotopic (exact) mass is 322 g/mol. The Kier molecular flexibility index (Phi) is 5.23. The number of hydrogen-bond donors (Lipinski definition) is 1.